The molecule has 1 heterocycles. The minimum atomic E-state index is -0.462. The lowest BCUT2D eigenvalue weighted by molar-refractivity contribution is -0.112. The number of benzene rings is 1. The summed E-state index contributed by atoms with van der Waals surface area (Å²) < 4.78 is 0.821. The number of nitrogens with zero attached hydrogens (tertiary/aromatic N) is 2. The topological polar surface area (TPSA) is 65.8 Å². The SMILES string of the molecule is N#C/C(=C\c1ccccc1Br)C(=O)Nc1cccnc1. The highest BCUT2D eigenvalue weighted by Gasteiger charge is 2.10. The van der Waals surface area contributed by atoms with Crippen molar-refractivity contribution in [2.75, 3.05) is 5.32 Å². The summed E-state index contributed by atoms with van der Waals surface area (Å²) in [5.74, 6) is -0.462. The number of nitrogens with one attached hydrogen (secondary N) is 1. The fraction of sp³-hybridized carbons (Fsp3) is 0. The van der Waals surface area contributed by atoms with Crippen LogP contribution in [0, 0.1) is 11.3 Å². The summed E-state index contributed by atoms with van der Waals surface area (Å²) in [5, 5.41) is 11.7. The van der Waals surface area contributed by atoms with Crippen LogP contribution in [0.25, 0.3) is 6.08 Å². The number of amides is 1. The van der Waals surface area contributed by atoms with Gasteiger partial charge in [0.15, 0.2) is 0 Å². The monoisotopic (exact) mass is 327 g/mol. The molecule has 0 bridgehead atoms. The molecule has 0 radical (unpaired) electrons. The molecule has 0 unspecified atom stereocenters. The molecule has 98 valence electrons. The quantitative estimate of drug-likeness (QED) is 0.694. The molecule has 0 saturated heterocycles. The minimum Gasteiger partial charge on any atom is -0.320 e. The van der Waals surface area contributed by atoms with Crippen molar-refractivity contribution in [3.8, 4) is 6.07 Å². The minimum absolute atomic E-state index is 0.0285. The van der Waals surface area contributed by atoms with Gasteiger partial charge in [-0.1, -0.05) is 34.1 Å². The number of halogens is 1. The highest BCUT2D eigenvalue weighted by atomic mass is 79.9. The molecule has 0 aliphatic rings. The summed E-state index contributed by atoms with van der Waals surface area (Å²) in [4.78, 5) is 15.9. The molecule has 0 spiro atoms. The fourth-order valence-corrected chi connectivity index (χ4v) is 1.93. The largest absolute Gasteiger partial charge is 0.320 e. The van der Waals surface area contributed by atoms with Gasteiger partial charge in [0.25, 0.3) is 5.91 Å². The van der Waals surface area contributed by atoms with Crippen LogP contribution in [0.4, 0.5) is 5.69 Å². The van der Waals surface area contributed by atoms with E-state index in [1.165, 1.54) is 12.3 Å². The second-order valence-electron chi connectivity index (χ2n) is 3.89. The number of carbonyl (C=O) groups is 1. The van der Waals surface area contributed by atoms with E-state index in [4.69, 9.17) is 5.26 Å². The molecule has 0 fully saturated rings. The van der Waals surface area contributed by atoms with E-state index in [9.17, 15) is 4.79 Å². The van der Waals surface area contributed by atoms with E-state index >= 15 is 0 Å². The predicted molar refractivity (Wildman–Crippen MR) is 80.6 cm³/mol. The van der Waals surface area contributed by atoms with Crippen LogP contribution in [0.1, 0.15) is 5.56 Å². The van der Waals surface area contributed by atoms with Crippen molar-refractivity contribution in [3.05, 3.63) is 64.4 Å². The summed E-state index contributed by atoms with van der Waals surface area (Å²) in [6, 6.07) is 12.7. The lowest BCUT2D eigenvalue weighted by Gasteiger charge is -2.04. The molecule has 0 aliphatic heterocycles. The zero-order chi connectivity index (χ0) is 14.4. The smallest absolute Gasteiger partial charge is 0.266 e. The van der Waals surface area contributed by atoms with Gasteiger partial charge < -0.3 is 5.32 Å². The molecule has 4 nitrogen and oxygen atoms in total. The molecule has 1 aromatic heterocycles. The highest BCUT2D eigenvalue weighted by Crippen LogP contribution is 2.19. The van der Waals surface area contributed by atoms with Gasteiger partial charge in [0, 0.05) is 10.7 Å². The van der Waals surface area contributed by atoms with Gasteiger partial charge in [-0.05, 0) is 29.8 Å². The number of nitriles is 1. The van der Waals surface area contributed by atoms with Crippen molar-refractivity contribution in [1.82, 2.24) is 4.98 Å². The third kappa shape index (κ3) is 3.53. The first kappa shape index (κ1) is 14.0. The van der Waals surface area contributed by atoms with Gasteiger partial charge in [0.1, 0.15) is 11.6 Å². The second-order valence-corrected chi connectivity index (χ2v) is 4.74. The Morgan fingerprint density at radius 1 is 1.30 bits per heavy atom. The van der Waals surface area contributed by atoms with E-state index in [1.807, 2.05) is 30.3 Å². The number of rotatable bonds is 3. The average Bonchev–Trinajstić information content (AvgIpc) is 2.47. The first-order chi connectivity index (χ1) is 9.70. The molecule has 0 aliphatic carbocycles. The summed E-state index contributed by atoms with van der Waals surface area (Å²) in [6.45, 7) is 0. The Hall–Kier alpha value is -2.45. The third-order valence-electron chi connectivity index (χ3n) is 2.49. The van der Waals surface area contributed by atoms with Crippen LogP contribution < -0.4 is 5.32 Å². The van der Waals surface area contributed by atoms with Crippen molar-refractivity contribution in [3.63, 3.8) is 0 Å². The number of aromatic nitrogens is 1. The summed E-state index contributed by atoms with van der Waals surface area (Å²) in [7, 11) is 0. The van der Waals surface area contributed by atoms with E-state index in [1.54, 1.807) is 18.3 Å². The van der Waals surface area contributed by atoms with Gasteiger partial charge in [0.05, 0.1) is 11.9 Å². The lowest BCUT2D eigenvalue weighted by Crippen LogP contribution is -2.13. The molecule has 1 aromatic carbocycles. The zero-order valence-corrected chi connectivity index (χ0v) is 12.0. The number of pyridine rings is 1. The van der Waals surface area contributed by atoms with Gasteiger partial charge in [-0.3, -0.25) is 9.78 Å². The molecule has 1 N–H and O–H groups in total. The van der Waals surface area contributed by atoms with Crippen LogP contribution in [0.3, 0.4) is 0 Å². The molecule has 5 heteroatoms. The van der Waals surface area contributed by atoms with E-state index in [0.29, 0.717) is 5.69 Å². The third-order valence-corrected chi connectivity index (χ3v) is 3.21. The van der Waals surface area contributed by atoms with Crippen molar-refractivity contribution < 1.29 is 4.79 Å². The highest BCUT2D eigenvalue weighted by molar-refractivity contribution is 9.10. The van der Waals surface area contributed by atoms with Crippen LogP contribution in [-0.4, -0.2) is 10.9 Å². The van der Waals surface area contributed by atoms with Crippen LogP contribution in [-0.2, 0) is 4.79 Å². The maximum atomic E-state index is 12.0. The molecule has 0 saturated carbocycles. The Balaban J connectivity index is 2.23. The van der Waals surface area contributed by atoms with Gasteiger partial charge in [-0.2, -0.15) is 5.26 Å². The lowest BCUT2D eigenvalue weighted by atomic mass is 10.1. The maximum Gasteiger partial charge on any atom is 0.266 e. The van der Waals surface area contributed by atoms with Crippen LogP contribution >= 0.6 is 15.9 Å². The number of hydrogen-bond donors (Lipinski definition) is 1. The Morgan fingerprint density at radius 3 is 2.75 bits per heavy atom. The standard InChI is InChI=1S/C15H10BrN3O/c16-14-6-2-1-4-11(14)8-12(9-17)15(20)19-13-5-3-7-18-10-13/h1-8,10H,(H,19,20)/b12-8+. The molecular weight excluding hydrogens is 318 g/mol. The maximum absolute atomic E-state index is 12.0. The summed E-state index contributed by atoms with van der Waals surface area (Å²) in [6.07, 6.45) is 4.67. The Labute approximate surface area is 124 Å². The van der Waals surface area contributed by atoms with Crippen LogP contribution in [0.15, 0.2) is 58.8 Å². The van der Waals surface area contributed by atoms with E-state index in [2.05, 4.69) is 26.2 Å². The zero-order valence-electron chi connectivity index (χ0n) is 10.4. The summed E-state index contributed by atoms with van der Waals surface area (Å²) >= 11 is 3.37. The first-order valence-corrected chi connectivity index (χ1v) is 6.57. The summed E-state index contributed by atoms with van der Waals surface area (Å²) in [5.41, 5.74) is 1.34. The molecular formula is C15H10BrN3O. The molecule has 20 heavy (non-hydrogen) atoms. The Kier molecular flexibility index (Phi) is 4.64. The van der Waals surface area contributed by atoms with Gasteiger partial charge >= 0.3 is 0 Å². The molecule has 0 atom stereocenters. The van der Waals surface area contributed by atoms with Crippen LogP contribution in [0.5, 0.6) is 0 Å². The fourth-order valence-electron chi connectivity index (χ4n) is 1.53. The van der Waals surface area contributed by atoms with Crippen molar-refractivity contribution in [2.45, 2.75) is 0 Å². The average molecular weight is 328 g/mol. The predicted octanol–water partition coefficient (Wildman–Crippen LogP) is 3.39. The van der Waals surface area contributed by atoms with Gasteiger partial charge in [-0.15, -0.1) is 0 Å². The van der Waals surface area contributed by atoms with Crippen molar-refractivity contribution >= 4 is 33.6 Å². The molecule has 1 amide bonds. The van der Waals surface area contributed by atoms with Gasteiger partial charge in [-0.25, -0.2) is 0 Å². The van der Waals surface area contributed by atoms with E-state index in [0.717, 1.165) is 10.0 Å². The molecule has 2 rings (SSSR count). The van der Waals surface area contributed by atoms with Crippen molar-refractivity contribution in [2.24, 2.45) is 0 Å². The Bertz CT molecular complexity index is 690. The second kappa shape index (κ2) is 6.64. The molecule has 2 aromatic rings. The van der Waals surface area contributed by atoms with E-state index < -0.39 is 5.91 Å². The van der Waals surface area contributed by atoms with Gasteiger partial charge in [0.2, 0.25) is 0 Å². The van der Waals surface area contributed by atoms with E-state index in [-0.39, 0.29) is 5.57 Å². The normalized spacial score (nSPS) is 10.7. The van der Waals surface area contributed by atoms with Crippen molar-refractivity contribution in [1.29, 1.82) is 5.26 Å². The Morgan fingerprint density at radius 2 is 2.10 bits per heavy atom. The number of carbonyl (C=O) groups excluding carboxylic acids is 1. The number of hydrogen-bond acceptors (Lipinski definition) is 3. The first-order valence-electron chi connectivity index (χ1n) is 5.78. The van der Waals surface area contributed by atoms with Crippen LogP contribution in [0.2, 0.25) is 0 Å². The number of anilines is 1.